The van der Waals surface area contributed by atoms with Gasteiger partial charge in [-0.25, -0.2) is 0 Å². The Hall–Kier alpha value is -2.69. The van der Waals surface area contributed by atoms with E-state index in [-0.39, 0.29) is 12.7 Å². The van der Waals surface area contributed by atoms with Gasteiger partial charge in [-0.2, -0.15) is 0 Å². The van der Waals surface area contributed by atoms with Crippen LogP contribution in [0.15, 0.2) is 42.5 Å². The molecule has 0 spiro atoms. The molecule has 5 heteroatoms. The highest BCUT2D eigenvalue weighted by atomic mass is 16.7. The molecule has 2 aromatic carbocycles. The van der Waals surface area contributed by atoms with Gasteiger partial charge in [0.25, 0.3) is 0 Å². The maximum atomic E-state index is 13.2. The van der Waals surface area contributed by atoms with Crippen molar-refractivity contribution in [3.05, 3.63) is 48.0 Å². The van der Waals surface area contributed by atoms with Crippen LogP contribution < -0.4 is 19.5 Å². The van der Waals surface area contributed by atoms with Gasteiger partial charge in [-0.3, -0.25) is 4.79 Å². The molecule has 1 aliphatic heterocycles. The molecule has 1 N–H and O–H groups in total. The number of methoxy groups -OCH3 is 1. The summed E-state index contributed by atoms with van der Waals surface area (Å²) in [5.74, 6) is 2.27. The minimum absolute atomic E-state index is 0.0361. The first-order valence-corrected chi connectivity index (χ1v) is 8.57. The molecule has 1 saturated carbocycles. The summed E-state index contributed by atoms with van der Waals surface area (Å²) in [5.41, 5.74) is 1.26. The number of carbonyl (C=O) groups excluding carboxylic acids is 1. The number of fused-ring (bicyclic) bond motifs is 1. The molecule has 130 valence electrons. The fourth-order valence-corrected chi connectivity index (χ4v) is 3.74. The molecule has 0 saturated heterocycles. The van der Waals surface area contributed by atoms with Gasteiger partial charge in [0.15, 0.2) is 11.5 Å². The Bertz CT molecular complexity index is 779. The fraction of sp³-hybridized carbons (Fsp3) is 0.350. The van der Waals surface area contributed by atoms with Crippen LogP contribution in [-0.4, -0.2) is 19.8 Å². The highest BCUT2D eigenvalue weighted by Gasteiger charge is 2.43. The Balaban J connectivity index is 1.62. The third-order valence-corrected chi connectivity index (χ3v) is 5.16. The van der Waals surface area contributed by atoms with E-state index in [9.17, 15) is 4.79 Å². The van der Waals surface area contributed by atoms with Crippen molar-refractivity contribution in [1.82, 2.24) is 0 Å². The Labute approximate surface area is 146 Å². The van der Waals surface area contributed by atoms with Crippen LogP contribution in [0.25, 0.3) is 0 Å². The van der Waals surface area contributed by atoms with Gasteiger partial charge in [0, 0.05) is 5.69 Å². The van der Waals surface area contributed by atoms with Crippen molar-refractivity contribution in [1.29, 1.82) is 0 Å². The Morgan fingerprint density at radius 3 is 2.48 bits per heavy atom. The minimum atomic E-state index is -0.513. The van der Waals surface area contributed by atoms with Gasteiger partial charge in [-0.15, -0.1) is 0 Å². The number of ether oxygens (including phenoxy) is 3. The zero-order chi connectivity index (χ0) is 17.3. The molecule has 5 nitrogen and oxygen atoms in total. The van der Waals surface area contributed by atoms with Crippen molar-refractivity contribution in [2.45, 2.75) is 31.1 Å². The van der Waals surface area contributed by atoms with Crippen LogP contribution in [0.4, 0.5) is 5.69 Å². The second-order valence-electron chi connectivity index (χ2n) is 6.54. The van der Waals surface area contributed by atoms with E-state index in [1.165, 1.54) is 0 Å². The Morgan fingerprint density at radius 2 is 1.76 bits per heavy atom. The van der Waals surface area contributed by atoms with E-state index in [2.05, 4.69) is 5.32 Å². The normalized spacial score (nSPS) is 17.3. The largest absolute Gasteiger partial charge is 0.497 e. The molecule has 0 unspecified atom stereocenters. The second-order valence-corrected chi connectivity index (χ2v) is 6.54. The molecule has 1 heterocycles. The molecular weight excluding hydrogens is 318 g/mol. The zero-order valence-corrected chi connectivity index (χ0v) is 14.2. The van der Waals surface area contributed by atoms with Crippen molar-refractivity contribution >= 4 is 11.6 Å². The summed E-state index contributed by atoms with van der Waals surface area (Å²) in [4.78, 5) is 13.2. The molecule has 4 rings (SSSR count). The Kier molecular flexibility index (Phi) is 3.99. The maximum Gasteiger partial charge on any atom is 0.235 e. The predicted octanol–water partition coefficient (Wildman–Crippen LogP) is 3.87. The summed E-state index contributed by atoms with van der Waals surface area (Å²) >= 11 is 0. The lowest BCUT2D eigenvalue weighted by molar-refractivity contribution is -0.121. The van der Waals surface area contributed by atoms with Crippen molar-refractivity contribution < 1.29 is 19.0 Å². The van der Waals surface area contributed by atoms with E-state index >= 15 is 0 Å². The summed E-state index contributed by atoms with van der Waals surface area (Å²) in [5, 5.41) is 3.08. The van der Waals surface area contributed by atoms with E-state index in [0.717, 1.165) is 54.2 Å². The molecule has 1 fully saturated rings. The van der Waals surface area contributed by atoms with Crippen LogP contribution in [0.3, 0.4) is 0 Å². The summed E-state index contributed by atoms with van der Waals surface area (Å²) in [6, 6.07) is 13.3. The smallest absolute Gasteiger partial charge is 0.235 e. The first-order valence-electron chi connectivity index (χ1n) is 8.57. The summed E-state index contributed by atoms with van der Waals surface area (Å²) in [7, 11) is 1.63. The standard InChI is InChI=1S/C20H21NO4/c1-23-16-7-5-15(6-8-16)21-19(22)20(10-2-3-11-20)14-4-9-17-18(12-14)25-13-24-17/h4-9,12H,2-3,10-11,13H2,1H3,(H,21,22). The van der Waals surface area contributed by atoms with E-state index in [1.54, 1.807) is 7.11 Å². The molecule has 1 amide bonds. The predicted molar refractivity (Wildman–Crippen MR) is 94.3 cm³/mol. The van der Waals surface area contributed by atoms with Gasteiger partial charge in [-0.1, -0.05) is 18.9 Å². The quantitative estimate of drug-likeness (QED) is 0.918. The number of hydrogen-bond acceptors (Lipinski definition) is 4. The summed E-state index contributed by atoms with van der Waals surface area (Å²) in [6.07, 6.45) is 3.78. The number of carbonyl (C=O) groups is 1. The number of hydrogen-bond donors (Lipinski definition) is 1. The SMILES string of the molecule is COc1ccc(NC(=O)C2(c3ccc4c(c3)OCO4)CCCC2)cc1. The first kappa shape index (κ1) is 15.8. The number of amides is 1. The van der Waals surface area contributed by atoms with Gasteiger partial charge >= 0.3 is 0 Å². The average Bonchev–Trinajstić information content (AvgIpc) is 3.31. The maximum absolute atomic E-state index is 13.2. The lowest BCUT2D eigenvalue weighted by atomic mass is 9.77. The van der Waals surface area contributed by atoms with Crippen LogP contribution >= 0.6 is 0 Å². The minimum Gasteiger partial charge on any atom is -0.497 e. The van der Waals surface area contributed by atoms with E-state index in [1.807, 2.05) is 42.5 Å². The first-order chi connectivity index (χ1) is 12.2. The van der Waals surface area contributed by atoms with E-state index in [4.69, 9.17) is 14.2 Å². The van der Waals surface area contributed by atoms with Crippen molar-refractivity contribution in [3.8, 4) is 17.2 Å². The van der Waals surface area contributed by atoms with Crippen LogP contribution in [-0.2, 0) is 10.2 Å². The van der Waals surface area contributed by atoms with E-state index in [0.29, 0.717) is 0 Å². The number of anilines is 1. The topological polar surface area (TPSA) is 56.8 Å². The van der Waals surface area contributed by atoms with Crippen LogP contribution in [0.1, 0.15) is 31.2 Å². The lowest BCUT2D eigenvalue weighted by Crippen LogP contribution is -2.37. The molecular formula is C20H21NO4. The molecule has 25 heavy (non-hydrogen) atoms. The number of nitrogens with one attached hydrogen (secondary N) is 1. The molecule has 2 aliphatic rings. The van der Waals surface area contributed by atoms with Gasteiger partial charge in [0.05, 0.1) is 12.5 Å². The van der Waals surface area contributed by atoms with Gasteiger partial charge in [0.1, 0.15) is 5.75 Å². The van der Waals surface area contributed by atoms with Gasteiger partial charge in [0.2, 0.25) is 12.7 Å². The molecule has 0 radical (unpaired) electrons. The molecule has 0 bridgehead atoms. The van der Waals surface area contributed by atoms with Crippen molar-refractivity contribution in [3.63, 3.8) is 0 Å². The van der Waals surface area contributed by atoms with E-state index < -0.39 is 5.41 Å². The molecule has 0 aromatic heterocycles. The third-order valence-electron chi connectivity index (χ3n) is 5.16. The van der Waals surface area contributed by atoms with Crippen molar-refractivity contribution in [2.24, 2.45) is 0 Å². The Morgan fingerprint density at radius 1 is 1.04 bits per heavy atom. The molecule has 0 atom stereocenters. The lowest BCUT2D eigenvalue weighted by Gasteiger charge is -2.28. The summed E-state index contributed by atoms with van der Waals surface area (Å²) in [6.45, 7) is 0.240. The van der Waals surface area contributed by atoms with Crippen LogP contribution in [0, 0.1) is 0 Å². The second kappa shape index (κ2) is 6.31. The zero-order valence-electron chi connectivity index (χ0n) is 14.2. The third kappa shape index (κ3) is 2.80. The van der Waals surface area contributed by atoms with Crippen LogP contribution in [0.5, 0.6) is 17.2 Å². The highest BCUT2D eigenvalue weighted by Crippen LogP contribution is 2.45. The number of rotatable bonds is 4. The van der Waals surface area contributed by atoms with Gasteiger partial charge < -0.3 is 19.5 Å². The summed E-state index contributed by atoms with van der Waals surface area (Å²) < 4.78 is 16.1. The van der Waals surface area contributed by atoms with Gasteiger partial charge in [-0.05, 0) is 54.8 Å². The fourth-order valence-electron chi connectivity index (χ4n) is 3.74. The monoisotopic (exact) mass is 339 g/mol. The highest BCUT2D eigenvalue weighted by molar-refractivity contribution is 5.99. The van der Waals surface area contributed by atoms with Crippen molar-refractivity contribution in [2.75, 3.05) is 19.2 Å². The number of benzene rings is 2. The van der Waals surface area contributed by atoms with Crippen LogP contribution in [0.2, 0.25) is 0 Å². The molecule has 1 aliphatic carbocycles. The average molecular weight is 339 g/mol. The molecule has 2 aromatic rings.